The maximum absolute atomic E-state index is 4.38. The Balaban J connectivity index is 2.02. The summed E-state index contributed by atoms with van der Waals surface area (Å²) in [5.41, 5.74) is 2.23. The first kappa shape index (κ1) is 10.1. The number of nitrogens with one attached hydrogen (secondary N) is 1. The molecule has 0 atom stereocenters. The first-order valence-corrected chi connectivity index (χ1v) is 5.70. The summed E-state index contributed by atoms with van der Waals surface area (Å²) in [6.45, 7) is 4.80. The van der Waals surface area contributed by atoms with Crippen molar-refractivity contribution in [2.24, 2.45) is 0 Å². The fourth-order valence-electron chi connectivity index (χ4n) is 1.33. The van der Waals surface area contributed by atoms with E-state index in [2.05, 4.69) is 20.7 Å². The van der Waals surface area contributed by atoms with Crippen molar-refractivity contribution in [3.63, 3.8) is 0 Å². The zero-order valence-electron chi connectivity index (χ0n) is 8.82. The lowest BCUT2D eigenvalue weighted by Gasteiger charge is -2.05. The molecule has 0 spiro atoms. The van der Waals surface area contributed by atoms with E-state index in [0.29, 0.717) is 0 Å². The second-order valence-electron chi connectivity index (χ2n) is 3.38. The smallest absolute Gasteiger partial charge is 0.129 e. The highest BCUT2D eigenvalue weighted by Gasteiger charge is 2.00. The van der Waals surface area contributed by atoms with Gasteiger partial charge in [-0.2, -0.15) is 0 Å². The quantitative estimate of drug-likeness (QED) is 0.862. The maximum Gasteiger partial charge on any atom is 0.129 e. The van der Waals surface area contributed by atoms with Crippen molar-refractivity contribution >= 4 is 17.2 Å². The first-order valence-electron chi connectivity index (χ1n) is 4.82. The van der Waals surface area contributed by atoms with Crippen LogP contribution in [0, 0.1) is 13.8 Å². The Kier molecular flexibility index (Phi) is 2.97. The molecule has 0 radical (unpaired) electrons. The van der Waals surface area contributed by atoms with Crippen LogP contribution in [-0.2, 0) is 6.54 Å². The first-order chi connectivity index (χ1) is 7.25. The number of aryl methyl sites for hydroxylation is 2. The maximum atomic E-state index is 4.38. The van der Waals surface area contributed by atoms with Crippen LogP contribution in [0.1, 0.15) is 16.3 Å². The summed E-state index contributed by atoms with van der Waals surface area (Å²) >= 11 is 1.67. The zero-order chi connectivity index (χ0) is 10.7. The van der Waals surface area contributed by atoms with Gasteiger partial charge in [0.1, 0.15) is 5.82 Å². The highest BCUT2D eigenvalue weighted by atomic mass is 32.1. The third-order valence-corrected chi connectivity index (χ3v) is 2.94. The second-order valence-corrected chi connectivity index (χ2v) is 4.44. The number of hydrogen-bond acceptors (Lipinski definition) is 4. The number of pyridine rings is 1. The number of anilines is 1. The molecule has 2 aromatic heterocycles. The molecule has 0 aliphatic rings. The summed E-state index contributed by atoms with van der Waals surface area (Å²) in [6, 6.07) is 3.98. The third-order valence-electron chi connectivity index (χ3n) is 2.11. The lowest BCUT2D eigenvalue weighted by molar-refractivity contribution is 1.03. The van der Waals surface area contributed by atoms with Crippen LogP contribution in [0.3, 0.4) is 0 Å². The summed E-state index contributed by atoms with van der Waals surface area (Å²) < 4.78 is 0. The van der Waals surface area contributed by atoms with Gasteiger partial charge >= 0.3 is 0 Å². The van der Waals surface area contributed by atoms with Crippen LogP contribution in [-0.4, -0.2) is 9.97 Å². The van der Waals surface area contributed by atoms with Crippen molar-refractivity contribution in [2.75, 3.05) is 5.32 Å². The Morgan fingerprint density at radius 1 is 1.40 bits per heavy atom. The normalized spacial score (nSPS) is 10.3. The number of thiazole rings is 1. The van der Waals surface area contributed by atoms with Crippen LogP contribution < -0.4 is 5.32 Å². The predicted octanol–water partition coefficient (Wildman–Crippen LogP) is 2.77. The molecule has 15 heavy (non-hydrogen) atoms. The molecule has 2 aromatic rings. The van der Waals surface area contributed by atoms with Gasteiger partial charge in [-0.1, -0.05) is 6.07 Å². The molecule has 0 fully saturated rings. The summed E-state index contributed by atoms with van der Waals surface area (Å²) in [5.74, 6) is 0.933. The third kappa shape index (κ3) is 2.53. The molecule has 0 aliphatic carbocycles. The molecule has 0 saturated heterocycles. The highest BCUT2D eigenvalue weighted by Crippen LogP contribution is 2.12. The van der Waals surface area contributed by atoms with Crippen LogP contribution in [0.15, 0.2) is 23.7 Å². The molecular formula is C11H13N3S. The standard InChI is InChI=1S/C11H13N3S/c1-8-4-3-5-12-11(8)13-6-10-7-15-9(2)14-10/h3-5,7H,6H2,1-2H3,(H,12,13). The van der Waals surface area contributed by atoms with E-state index < -0.39 is 0 Å². The topological polar surface area (TPSA) is 37.8 Å². The molecule has 2 rings (SSSR count). The van der Waals surface area contributed by atoms with Crippen molar-refractivity contribution in [2.45, 2.75) is 20.4 Å². The molecule has 2 heterocycles. The number of nitrogens with zero attached hydrogens (tertiary/aromatic N) is 2. The largest absolute Gasteiger partial charge is 0.364 e. The Labute approximate surface area is 93.2 Å². The van der Waals surface area contributed by atoms with Crippen LogP contribution in [0.4, 0.5) is 5.82 Å². The average molecular weight is 219 g/mol. The summed E-state index contributed by atoms with van der Waals surface area (Å²) in [5, 5.41) is 6.45. The molecule has 78 valence electrons. The molecule has 3 nitrogen and oxygen atoms in total. The average Bonchev–Trinajstić information content (AvgIpc) is 2.63. The van der Waals surface area contributed by atoms with E-state index >= 15 is 0 Å². The SMILES string of the molecule is Cc1nc(CNc2ncccc2C)cs1. The highest BCUT2D eigenvalue weighted by molar-refractivity contribution is 7.09. The lowest BCUT2D eigenvalue weighted by atomic mass is 10.3. The number of rotatable bonds is 3. The van der Waals surface area contributed by atoms with E-state index in [4.69, 9.17) is 0 Å². The van der Waals surface area contributed by atoms with Gasteiger partial charge in [-0.25, -0.2) is 9.97 Å². The van der Waals surface area contributed by atoms with Gasteiger partial charge < -0.3 is 5.32 Å². The van der Waals surface area contributed by atoms with Crippen LogP contribution in [0.5, 0.6) is 0 Å². The van der Waals surface area contributed by atoms with Gasteiger partial charge in [0.25, 0.3) is 0 Å². The van der Waals surface area contributed by atoms with Gasteiger partial charge in [0.2, 0.25) is 0 Å². The molecule has 4 heteroatoms. The molecule has 0 aromatic carbocycles. The van der Waals surface area contributed by atoms with E-state index in [0.717, 1.165) is 28.6 Å². The molecule has 1 N–H and O–H groups in total. The molecule has 0 aliphatic heterocycles. The van der Waals surface area contributed by atoms with Gasteiger partial charge in [0.15, 0.2) is 0 Å². The van der Waals surface area contributed by atoms with E-state index in [9.17, 15) is 0 Å². The van der Waals surface area contributed by atoms with Crippen molar-refractivity contribution in [3.05, 3.63) is 40.0 Å². The monoisotopic (exact) mass is 219 g/mol. The van der Waals surface area contributed by atoms with Crippen LogP contribution in [0.25, 0.3) is 0 Å². The number of hydrogen-bond donors (Lipinski definition) is 1. The Bertz CT molecular complexity index is 451. The Morgan fingerprint density at radius 2 is 2.27 bits per heavy atom. The Hall–Kier alpha value is -1.42. The molecule has 0 saturated carbocycles. The van der Waals surface area contributed by atoms with E-state index in [1.807, 2.05) is 26.0 Å². The van der Waals surface area contributed by atoms with Gasteiger partial charge in [0, 0.05) is 11.6 Å². The summed E-state index contributed by atoms with van der Waals surface area (Å²) in [6.07, 6.45) is 1.79. The minimum Gasteiger partial charge on any atom is -0.364 e. The number of aromatic nitrogens is 2. The molecular weight excluding hydrogens is 206 g/mol. The van der Waals surface area contributed by atoms with Crippen molar-refractivity contribution in [1.29, 1.82) is 0 Å². The van der Waals surface area contributed by atoms with Crippen molar-refractivity contribution < 1.29 is 0 Å². The summed E-state index contributed by atoms with van der Waals surface area (Å²) in [7, 11) is 0. The fourth-order valence-corrected chi connectivity index (χ4v) is 1.95. The van der Waals surface area contributed by atoms with Crippen LogP contribution in [0.2, 0.25) is 0 Å². The van der Waals surface area contributed by atoms with Gasteiger partial charge in [-0.15, -0.1) is 11.3 Å². The molecule has 0 bridgehead atoms. The minimum absolute atomic E-state index is 0.738. The molecule has 0 amide bonds. The minimum atomic E-state index is 0.738. The van der Waals surface area contributed by atoms with Gasteiger partial charge in [0.05, 0.1) is 17.2 Å². The van der Waals surface area contributed by atoms with Gasteiger partial charge in [-0.3, -0.25) is 0 Å². The van der Waals surface area contributed by atoms with Gasteiger partial charge in [-0.05, 0) is 25.5 Å². The fraction of sp³-hybridized carbons (Fsp3) is 0.273. The lowest BCUT2D eigenvalue weighted by Crippen LogP contribution is -2.02. The zero-order valence-corrected chi connectivity index (χ0v) is 9.64. The van der Waals surface area contributed by atoms with E-state index in [1.54, 1.807) is 17.5 Å². The van der Waals surface area contributed by atoms with Crippen molar-refractivity contribution in [3.8, 4) is 0 Å². The van der Waals surface area contributed by atoms with Crippen LogP contribution >= 0.6 is 11.3 Å². The molecule has 0 unspecified atom stereocenters. The van der Waals surface area contributed by atoms with E-state index in [1.165, 1.54) is 0 Å². The van der Waals surface area contributed by atoms with Crippen molar-refractivity contribution in [1.82, 2.24) is 9.97 Å². The summed E-state index contributed by atoms with van der Waals surface area (Å²) in [4.78, 5) is 8.65. The Morgan fingerprint density at radius 3 is 2.93 bits per heavy atom. The van der Waals surface area contributed by atoms with E-state index in [-0.39, 0.29) is 0 Å². The predicted molar refractivity (Wildman–Crippen MR) is 63.2 cm³/mol. The second kappa shape index (κ2) is 4.40.